The molecule has 0 atom stereocenters. The maximum atomic E-state index is 2.48. The van der Waals surface area contributed by atoms with Crippen LogP contribution < -0.4 is 0 Å². The molecule has 0 amide bonds. The lowest BCUT2D eigenvalue weighted by molar-refractivity contribution is -0.0536. The third-order valence-electron chi connectivity index (χ3n) is 6.51. The molecule has 0 aromatic rings. The number of rotatable bonds is 9. The molecule has 0 spiro atoms. The topological polar surface area (TPSA) is 0 Å². The van der Waals surface area contributed by atoms with Gasteiger partial charge in [0.05, 0.1) is 0 Å². The maximum absolute atomic E-state index is 2.48. The molecule has 22 heavy (non-hydrogen) atoms. The monoisotopic (exact) mass is 310 g/mol. The van der Waals surface area contributed by atoms with E-state index in [0.717, 1.165) is 47.3 Å². The first-order valence-corrected chi connectivity index (χ1v) is 9.89. The first-order valence-electron chi connectivity index (χ1n) is 9.89. The lowest BCUT2D eigenvalue weighted by atomic mass is 9.51. The van der Waals surface area contributed by atoms with Gasteiger partial charge in [0.15, 0.2) is 0 Å². The number of hydrogen-bond acceptors (Lipinski definition) is 0. The van der Waals surface area contributed by atoms with E-state index in [-0.39, 0.29) is 0 Å². The molecule has 0 aliphatic rings. The zero-order valence-electron chi connectivity index (χ0n) is 17.8. The van der Waals surface area contributed by atoms with Crippen LogP contribution in [0.1, 0.15) is 89.5 Å². The van der Waals surface area contributed by atoms with Crippen LogP contribution in [-0.4, -0.2) is 0 Å². The molecule has 0 aliphatic heterocycles. The lowest BCUT2D eigenvalue weighted by Gasteiger charge is -2.54. The van der Waals surface area contributed by atoms with Gasteiger partial charge in [0.25, 0.3) is 0 Å². The van der Waals surface area contributed by atoms with Crippen molar-refractivity contribution < 1.29 is 0 Å². The summed E-state index contributed by atoms with van der Waals surface area (Å²) in [6, 6.07) is 0. The van der Waals surface area contributed by atoms with E-state index in [9.17, 15) is 0 Å². The van der Waals surface area contributed by atoms with Crippen LogP contribution >= 0.6 is 0 Å². The van der Waals surface area contributed by atoms with Gasteiger partial charge in [-0.3, -0.25) is 0 Å². The van der Waals surface area contributed by atoms with Gasteiger partial charge in [-0.2, -0.15) is 0 Å². The highest BCUT2D eigenvalue weighted by molar-refractivity contribution is 4.96. The zero-order chi connectivity index (χ0) is 17.8. The van der Waals surface area contributed by atoms with Crippen molar-refractivity contribution >= 4 is 0 Å². The third kappa shape index (κ3) is 4.75. The van der Waals surface area contributed by atoms with Gasteiger partial charge in [0.1, 0.15) is 0 Å². The fourth-order valence-corrected chi connectivity index (χ4v) is 5.70. The molecule has 0 rings (SSSR count). The molecule has 0 radical (unpaired) electrons. The van der Waals surface area contributed by atoms with Crippen molar-refractivity contribution in [3.05, 3.63) is 0 Å². The first kappa shape index (κ1) is 22.0. The van der Waals surface area contributed by atoms with Crippen molar-refractivity contribution in [1.82, 2.24) is 0 Å². The number of hydrogen-bond donors (Lipinski definition) is 0. The second-order valence-electron chi connectivity index (χ2n) is 9.79. The van der Waals surface area contributed by atoms with Crippen LogP contribution in [0, 0.1) is 52.8 Å². The molecule has 0 saturated heterocycles. The van der Waals surface area contributed by atoms with Gasteiger partial charge in [-0.15, -0.1) is 0 Å². The van der Waals surface area contributed by atoms with Crippen molar-refractivity contribution in [2.24, 2.45) is 52.8 Å². The lowest BCUT2D eigenvalue weighted by Crippen LogP contribution is -2.47. The van der Waals surface area contributed by atoms with Crippen molar-refractivity contribution in [3.8, 4) is 0 Å². The first-order chi connectivity index (χ1) is 9.89. The van der Waals surface area contributed by atoms with Crippen LogP contribution in [0.25, 0.3) is 0 Å². The van der Waals surface area contributed by atoms with Gasteiger partial charge in [0, 0.05) is 0 Å². The largest absolute Gasteiger partial charge is 0.0625 e. The van der Waals surface area contributed by atoms with Crippen molar-refractivity contribution in [3.63, 3.8) is 0 Å². The van der Waals surface area contributed by atoms with E-state index in [1.54, 1.807) is 0 Å². The highest BCUT2D eigenvalue weighted by atomic mass is 14.5. The summed E-state index contributed by atoms with van der Waals surface area (Å²) in [5.41, 5.74) is 0.446. The summed E-state index contributed by atoms with van der Waals surface area (Å²) in [6.45, 7) is 29.4. The second kappa shape index (κ2) is 8.74. The van der Waals surface area contributed by atoms with Crippen molar-refractivity contribution in [2.45, 2.75) is 89.5 Å². The molecule has 0 nitrogen and oxygen atoms in total. The quantitative estimate of drug-likeness (QED) is 0.413. The Morgan fingerprint density at radius 3 is 1.00 bits per heavy atom. The van der Waals surface area contributed by atoms with E-state index in [1.165, 1.54) is 6.42 Å². The Hall–Kier alpha value is 0. The highest BCUT2D eigenvalue weighted by Gasteiger charge is 2.48. The normalized spacial score (nSPS) is 14.2. The predicted octanol–water partition coefficient (Wildman–Crippen LogP) is 7.53. The van der Waals surface area contributed by atoms with Crippen LogP contribution in [-0.2, 0) is 0 Å². The highest BCUT2D eigenvalue weighted by Crippen LogP contribution is 2.54. The van der Waals surface area contributed by atoms with E-state index in [1.807, 2.05) is 0 Å². The van der Waals surface area contributed by atoms with Gasteiger partial charge in [0.2, 0.25) is 0 Å². The summed E-state index contributed by atoms with van der Waals surface area (Å²) < 4.78 is 0. The molecule has 0 heterocycles. The van der Waals surface area contributed by atoms with Crippen LogP contribution in [0.5, 0.6) is 0 Å². The minimum Gasteiger partial charge on any atom is -0.0625 e. The molecule has 0 fully saturated rings. The average molecular weight is 311 g/mol. The standard InChI is InChI=1S/C22H46/c1-14(2)20(15(3)4)13-22(18(9)10,19(11)12)21(16(5)6)17(7)8/h14-21H,13H2,1-12H3. The average Bonchev–Trinajstić information content (AvgIpc) is 2.30. The molecular formula is C22H46. The van der Waals surface area contributed by atoms with Crippen LogP contribution in [0.15, 0.2) is 0 Å². The summed E-state index contributed by atoms with van der Waals surface area (Å²) in [5.74, 6) is 6.16. The minimum absolute atomic E-state index is 0.446. The Morgan fingerprint density at radius 1 is 0.500 bits per heavy atom. The molecule has 0 aliphatic carbocycles. The van der Waals surface area contributed by atoms with Crippen LogP contribution in [0.3, 0.4) is 0 Å². The summed E-state index contributed by atoms with van der Waals surface area (Å²) in [6.07, 6.45) is 1.39. The zero-order valence-corrected chi connectivity index (χ0v) is 17.8. The molecule has 0 heteroatoms. The molecule has 0 bridgehead atoms. The Balaban J connectivity index is 5.98. The Labute approximate surface area is 142 Å². The summed E-state index contributed by atoms with van der Waals surface area (Å²) in [5, 5.41) is 0. The van der Waals surface area contributed by atoms with Gasteiger partial charge in [-0.1, -0.05) is 83.1 Å². The fraction of sp³-hybridized carbons (Fsp3) is 1.00. The summed E-state index contributed by atoms with van der Waals surface area (Å²) >= 11 is 0. The van der Waals surface area contributed by atoms with Gasteiger partial charge in [-0.25, -0.2) is 0 Å². The molecule has 0 aromatic heterocycles. The van der Waals surface area contributed by atoms with Crippen LogP contribution in [0.4, 0.5) is 0 Å². The predicted molar refractivity (Wildman–Crippen MR) is 103 cm³/mol. The molecule has 0 unspecified atom stereocenters. The van der Waals surface area contributed by atoms with Crippen LogP contribution in [0.2, 0.25) is 0 Å². The molecule has 0 N–H and O–H groups in total. The Bertz CT molecular complexity index is 269. The molecule has 0 aromatic carbocycles. The molecule has 134 valence electrons. The maximum Gasteiger partial charge on any atom is -0.0215 e. The van der Waals surface area contributed by atoms with Crippen molar-refractivity contribution in [1.29, 1.82) is 0 Å². The van der Waals surface area contributed by atoms with Gasteiger partial charge >= 0.3 is 0 Å². The molecular weight excluding hydrogens is 264 g/mol. The van der Waals surface area contributed by atoms with E-state index < -0.39 is 0 Å². The molecule has 0 saturated carbocycles. The smallest absolute Gasteiger partial charge is 0.0215 e. The minimum atomic E-state index is 0.446. The Kier molecular flexibility index (Phi) is 8.74. The van der Waals surface area contributed by atoms with E-state index in [4.69, 9.17) is 0 Å². The van der Waals surface area contributed by atoms with Gasteiger partial charge < -0.3 is 0 Å². The summed E-state index contributed by atoms with van der Waals surface area (Å²) in [4.78, 5) is 0. The summed E-state index contributed by atoms with van der Waals surface area (Å²) in [7, 11) is 0. The van der Waals surface area contributed by atoms with E-state index in [0.29, 0.717) is 5.41 Å². The second-order valence-corrected chi connectivity index (χ2v) is 9.79. The van der Waals surface area contributed by atoms with E-state index in [2.05, 4.69) is 83.1 Å². The third-order valence-corrected chi connectivity index (χ3v) is 6.51. The van der Waals surface area contributed by atoms with Gasteiger partial charge in [-0.05, 0) is 59.2 Å². The fourth-order valence-electron chi connectivity index (χ4n) is 5.70. The van der Waals surface area contributed by atoms with Crippen molar-refractivity contribution in [2.75, 3.05) is 0 Å². The SMILES string of the molecule is CC(C)C(CC(C(C)C)(C(C)C)C(C(C)C)C(C)C)C(C)C. The Morgan fingerprint density at radius 2 is 0.818 bits per heavy atom. The van der Waals surface area contributed by atoms with E-state index >= 15 is 0 Å².